The molecule has 0 N–H and O–H groups in total. The zero-order valence-corrected chi connectivity index (χ0v) is 7.71. The van der Waals surface area contributed by atoms with Gasteiger partial charge in [0.15, 0.2) is 0 Å². The van der Waals surface area contributed by atoms with Crippen LogP contribution in [0.1, 0.15) is 26.7 Å². The Labute approximate surface area is 73.6 Å². The van der Waals surface area contributed by atoms with Gasteiger partial charge in [-0.25, -0.2) is 0 Å². The molecule has 0 fully saturated rings. The van der Waals surface area contributed by atoms with Crippen LogP contribution in [0.3, 0.4) is 0 Å². The van der Waals surface area contributed by atoms with Gasteiger partial charge in [-0.15, -0.1) is 0 Å². The van der Waals surface area contributed by atoms with Crippen molar-refractivity contribution in [1.82, 2.24) is 0 Å². The first-order valence-corrected chi connectivity index (χ1v) is 4.28. The fraction of sp³-hybridized carbons (Fsp3) is 0.500. The van der Waals surface area contributed by atoms with Gasteiger partial charge in [-0.2, -0.15) is 0 Å². The fourth-order valence-corrected chi connectivity index (χ4v) is 1.08. The molecule has 0 aromatic heterocycles. The minimum Gasteiger partial charge on any atom is -0.498 e. The largest absolute Gasteiger partial charge is 0.498 e. The molecule has 0 bridgehead atoms. The second-order valence-corrected chi connectivity index (χ2v) is 2.81. The van der Waals surface area contributed by atoms with Crippen LogP contribution >= 0.6 is 0 Å². The minimum absolute atomic E-state index is 0.785. The Morgan fingerprint density at radius 3 is 3.17 bits per heavy atom. The average molecular weight is 165 g/mol. The molecule has 0 radical (unpaired) electrons. The SMILES string of the molecule is CC=N/C=C1\CC=C(C)OCC1. The Kier molecular flexibility index (Phi) is 3.58. The minimum atomic E-state index is 0.785. The topological polar surface area (TPSA) is 21.6 Å². The Morgan fingerprint density at radius 2 is 2.42 bits per heavy atom. The zero-order valence-electron chi connectivity index (χ0n) is 7.71. The molecule has 0 aliphatic carbocycles. The van der Waals surface area contributed by atoms with Gasteiger partial charge in [-0.05, 0) is 31.9 Å². The van der Waals surface area contributed by atoms with Crippen LogP contribution in [0.25, 0.3) is 0 Å². The van der Waals surface area contributed by atoms with E-state index in [4.69, 9.17) is 4.74 Å². The first kappa shape index (κ1) is 9.04. The molecule has 0 saturated carbocycles. The van der Waals surface area contributed by atoms with Crippen molar-refractivity contribution in [3.8, 4) is 0 Å². The van der Waals surface area contributed by atoms with E-state index in [-0.39, 0.29) is 0 Å². The van der Waals surface area contributed by atoms with Gasteiger partial charge in [0, 0.05) is 18.8 Å². The van der Waals surface area contributed by atoms with E-state index in [1.165, 1.54) is 5.57 Å². The van der Waals surface area contributed by atoms with Crippen LogP contribution in [0.2, 0.25) is 0 Å². The maximum atomic E-state index is 5.38. The van der Waals surface area contributed by atoms with Crippen molar-refractivity contribution < 1.29 is 4.74 Å². The van der Waals surface area contributed by atoms with E-state index in [1.807, 2.05) is 20.0 Å². The first-order chi connectivity index (χ1) is 5.83. The summed E-state index contributed by atoms with van der Waals surface area (Å²) < 4.78 is 5.38. The molecule has 1 heterocycles. The van der Waals surface area contributed by atoms with Gasteiger partial charge in [0.05, 0.1) is 12.4 Å². The number of aliphatic imine (C=N–C) groups is 1. The van der Waals surface area contributed by atoms with E-state index in [2.05, 4.69) is 11.1 Å². The molecule has 0 aromatic carbocycles. The van der Waals surface area contributed by atoms with Crippen LogP contribution in [0.5, 0.6) is 0 Å². The number of rotatable bonds is 1. The molecule has 0 amide bonds. The second kappa shape index (κ2) is 4.75. The molecule has 0 unspecified atom stereocenters. The van der Waals surface area contributed by atoms with E-state index in [9.17, 15) is 0 Å². The van der Waals surface area contributed by atoms with Crippen molar-refractivity contribution in [2.45, 2.75) is 26.7 Å². The lowest BCUT2D eigenvalue weighted by Gasteiger charge is -2.00. The third kappa shape index (κ3) is 2.91. The van der Waals surface area contributed by atoms with Crippen LogP contribution < -0.4 is 0 Å². The van der Waals surface area contributed by atoms with Gasteiger partial charge in [0.1, 0.15) is 0 Å². The zero-order chi connectivity index (χ0) is 8.81. The van der Waals surface area contributed by atoms with Crippen LogP contribution in [0.15, 0.2) is 28.6 Å². The lowest BCUT2D eigenvalue weighted by Crippen LogP contribution is -1.89. The summed E-state index contributed by atoms with van der Waals surface area (Å²) in [6, 6.07) is 0. The number of ether oxygens (including phenoxy) is 1. The number of hydrogen-bond acceptors (Lipinski definition) is 2. The molecule has 0 saturated heterocycles. The average Bonchev–Trinajstić information content (AvgIpc) is 2.27. The quantitative estimate of drug-likeness (QED) is 0.547. The highest BCUT2D eigenvalue weighted by Gasteiger charge is 2.02. The summed E-state index contributed by atoms with van der Waals surface area (Å²) in [7, 11) is 0. The summed E-state index contributed by atoms with van der Waals surface area (Å²) in [6.07, 6.45) is 7.80. The highest BCUT2D eigenvalue weighted by molar-refractivity contribution is 5.54. The van der Waals surface area contributed by atoms with Crippen molar-refractivity contribution in [2.75, 3.05) is 6.61 Å². The van der Waals surface area contributed by atoms with Crippen LogP contribution in [-0.2, 0) is 4.74 Å². The summed E-state index contributed by atoms with van der Waals surface area (Å²) in [5.74, 6) is 1.03. The Balaban J connectivity index is 2.57. The molecule has 66 valence electrons. The molecule has 1 aliphatic rings. The third-order valence-corrected chi connectivity index (χ3v) is 1.81. The Bertz CT molecular complexity index is 226. The second-order valence-electron chi connectivity index (χ2n) is 2.81. The molecule has 0 atom stereocenters. The van der Waals surface area contributed by atoms with Crippen LogP contribution in [0, 0.1) is 0 Å². The van der Waals surface area contributed by atoms with Gasteiger partial charge in [0.2, 0.25) is 0 Å². The van der Waals surface area contributed by atoms with E-state index in [0.717, 1.165) is 25.2 Å². The predicted octanol–water partition coefficient (Wildman–Crippen LogP) is 2.68. The molecule has 2 nitrogen and oxygen atoms in total. The van der Waals surface area contributed by atoms with Gasteiger partial charge in [-0.3, -0.25) is 4.99 Å². The summed E-state index contributed by atoms with van der Waals surface area (Å²) in [5.41, 5.74) is 1.34. The Morgan fingerprint density at radius 1 is 1.58 bits per heavy atom. The van der Waals surface area contributed by atoms with Crippen molar-refractivity contribution in [3.05, 3.63) is 23.6 Å². The van der Waals surface area contributed by atoms with Crippen molar-refractivity contribution >= 4 is 6.21 Å². The van der Waals surface area contributed by atoms with E-state index in [0.29, 0.717) is 0 Å². The molecule has 1 aliphatic heterocycles. The monoisotopic (exact) mass is 165 g/mol. The van der Waals surface area contributed by atoms with Crippen molar-refractivity contribution in [3.63, 3.8) is 0 Å². The number of allylic oxidation sites excluding steroid dienone is 2. The molecule has 0 aromatic rings. The number of nitrogens with zero attached hydrogens (tertiary/aromatic N) is 1. The molecule has 2 heteroatoms. The molecule has 12 heavy (non-hydrogen) atoms. The summed E-state index contributed by atoms with van der Waals surface area (Å²) in [5, 5.41) is 0. The summed E-state index contributed by atoms with van der Waals surface area (Å²) in [6.45, 7) is 4.70. The predicted molar refractivity (Wildman–Crippen MR) is 51.2 cm³/mol. The van der Waals surface area contributed by atoms with E-state index < -0.39 is 0 Å². The van der Waals surface area contributed by atoms with E-state index in [1.54, 1.807) is 6.21 Å². The maximum Gasteiger partial charge on any atom is 0.0914 e. The lowest BCUT2D eigenvalue weighted by molar-refractivity contribution is 0.221. The van der Waals surface area contributed by atoms with Gasteiger partial charge >= 0.3 is 0 Å². The Hall–Kier alpha value is -1.05. The molecule has 0 spiro atoms. The smallest absolute Gasteiger partial charge is 0.0914 e. The molecule has 1 rings (SSSR count). The normalized spacial score (nSPS) is 22.2. The standard InChI is InChI=1S/C10H15NO/c1-3-11-8-10-5-4-9(2)12-7-6-10/h3-4,8H,5-7H2,1-2H3/b10-8+,11-3?. The summed E-state index contributed by atoms with van der Waals surface area (Å²) in [4.78, 5) is 4.09. The highest BCUT2D eigenvalue weighted by Crippen LogP contribution is 2.15. The lowest BCUT2D eigenvalue weighted by atomic mass is 10.1. The van der Waals surface area contributed by atoms with Crippen molar-refractivity contribution in [2.24, 2.45) is 4.99 Å². The fourth-order valence-electron chi connectivity index (χ4n) is 1.08. The van der Waals surface area contributed by atoms with Gasteiger partial charge in [-0.1, -0.05) is 0 Å². The highest BCUT2D eigenvalue weighted by atomic mass is 16.5. The van der Waals surface area contributed by atoms with Crippen LogP contribution in [0.4, 0.5) is 0 Å². The third-order valence-electron chi connectivity index (χ3n) is 1.81. The first-order valence-electron chi connectivity index (χ1n) is 4.28. The maximum absolute atomic E-state index is 5.38. The summed E-state index contributed by atoms with van der Waals surface area (Å²) >= 11 is 0. The van der Waals surface area contributed by atoms with Crippen molar-refractivity contribution in [1.29, 1.82) is 0 Å². The molecular weight excluding hydrogens is 150 g/mol. The van der Waals surface area contributed by atoms with Crippen LogP contribution in [-0.4, -0.2) is 12.8 Å². The molecular formula is C10H15NO. The van der Waals surface area contributed by atoms with Gasteiger partial charge in [0.25, 0.3) is 0 Å². The van der Waals surface area contributed by atoms with E-state index >= 15 is 0 Å². The number of hydrogen-bond donors (Lipinski definition) is 0. The van der Waals surface area contributed by atoms with Gasteiger partial charge < -0.3 is 4.74 Å².